The van der Waals surface area contributed by atoms with E-state index in [0.717, 1.165) is 5.69 Å². The van der Waals surface area contributed by atoms with Crippen LogP contribution >= 0.6 is 0 Å². The number of guanidine groups is 1. The molecule has 18 heavy (non-hydrogen) atoms. The molecule has 1 aliphatic heterocycles. The van der Waals surface area contributed by atoms with E-state index in [-0.39, 0.29) is 6.10 Å². The fourth-order valence-electron chi connectivity index (χ4n) is 1.61. The Kier molecular flexibility index (Phi) is 4.95. The van der Waals surface area contributed by atoms with Gasteiger partial charge in [0.1, 0.15) is 6.10 Å². The van der Waals surface area contributed by atoms with Crippen LogP contribution in [0.3, 0.4) is 0 Å². The van der Waals surface area contributed by atoms with Gasteiger partial charge in [0.25, 0.3) is 0 Å². The van der Waals surface area contributed by atoms with Crippen molar-refractivity contribution in [2.24, 2.45) is 10.8 Å². The number of hydrogen-bond donors (Lipinski definition) is 3. The van der Waals surface area contributed by atoms with Crippen molar-refractivity contribution in [3.05, 3.63) is 30.3 Å². The van der Waals surface area contributed by atoms with E-state index in [4.69, 9.17) is 15.3 Å². The molecule has 1 aromatic carbocycles. The van der Waals surface area contributed by atoms with Crippen molar-refractivity contribution in [3.63, 3.8) is 0 Å². The van der Waals surface area contributed by atoms with Crippen LogP contribution in [-0.2, 0) is 9.47 Å². The second-order valence-corrected chi connectivity index (χ2v) is 3.89. The summed E-state index contributed by atoms with van der Waals surface area (Å²) >= 11 is 0. The van der Waals surface area contributed by atoms with Crippen LogP contribution in [-0.4, -0.2) is 38.4 Å². The predicted octanol–water partition coefficient (Wildman–Crippen LogP) is 0.333. The Morgan fingerprint density at radius 2 is 2.17 bits per heavy atom. The second-order valence-electron chi connectivity index (χ2n) is 3.89. The Hall–Kier alpha value is -1.63. The van der Waals surface area contributed by atoms with Crippen molar-refractivity contribution in [2.75, 3.05) is 31.7 Å². The molecule has 1 heterocycles. The quantitative estimate of drug-likeness (QED) is 0.312. The number of hydrazine groups is 1. The summed E-state index contributed by atoms with van der Waals surface area (Å²) in [7, 11) is 0. The Bertz CT molecular complexity index is 377. The molecule has 2 rings (SSSR count). The molecule has 1 atom stereocenters. The monoisotopic (exact) mass is 250 g/mol. The Labute approximate surface area is 106 Å². The van der Waals surface area contributed by atoms with Crippen LogP contribution in [0.25, 0.3) is 0 Å². The summed E-state index contributed by atoms with van der Waals surface area (Å²) < 4.78 is 10.8. The summed E-state index contributed by atoms with van der Waals surface area (Å²) in [4.78, 5) is 4.33. The Morgan fingerprint density at radius 3 is 2.83 bits per heavy atom. The SMILES string of the molecule is NNC(=NCC1COCCO1)Nc1ccccc1. The zero-order chi connectivity index (χ0) is 12.6. The first-order valence-corrected chi connectivity index (χ1v) is 5.91. The first-order chi connectivity index (χ1) is 8.88. The first-order valence-electron chi connectivity index (χ1n) is 5.91. The highest BCUT2D eigenvalue weighted by molar-refractivity contribution is 5.93. The van der Waals surface area contributed by atoms with Gasteiger partial charge in [-0.05, 0) is 12.1 Å². The lowest BCUT2D eigenvalue weighted by Gasteiger charge is -2.21. The second kappa shape index (κ2) is 6.95. The van der Waals surface area contributed by atoms with Crippen molar-refractivity contribution in [1.29, 1.82) is 0 Å². The maximum Gasteiger partial charge on any atom is 0.210 e. The summed E-state index contributed by atoms with van der Waals surface area (Å²) in [6.45, 7) is 2.37. The molecule has 98 valence electrons. The van der Waals surface area contributed by atoms with E-state index >= 15 is 0 Å². The van der Waals surface area contributed by atoms with Crippen LogP contribution in [0.1, 0.15) is 0 Å². The Morgan fingerprint density at radius 1 is 1.33 bits per heavy atom. The number of ether oxygens (including phenoxy) is 2. The van der Waals surface area contributed by atoms with Crippen LogP contribution in [0, 0.1) is 0 Å². The van der Waals surface area contributed by atoms with Gasteiger partial charge in [-0.2, -0.15) is 0 Å². The van der Waals surface area contributed by atoms with E-state index in [1.807, 2.05) is 30.3 Å². The van der Waals surface area contributed by atoms with E-state index in [1.165, 1.54) is 0 Å². The molecular weight excluding hydrogens is 232 g/mol. The molecule has 6 heteroatoms. The maximum absolute atomic E-state index is 5.49. The predicted molar refractivity (Wildman–Crippen MR) is 70.2 cm³/mol. The highest BCUT2D eigenvalue weighted by atomic mass is 16.6. The minimum atomic E-state index is -0.000302. The van der Waals surface area contributed by atoms with Crippen molar-refractivity contribution in [2.45, 2.75) is 6.10 Å². The molecule has 1 fully saturated rings. The molecule has 6 nitrogen and oxygen atoms in total. The van der Waals surface area contributed by atoms with Gasteiger partial charge < -0.3 is 14.8 Å². The largest absolute Gasteiger partial charge is 0.376 e. The normalized spacial score (nSPS) is 20.5. The summed E-state index contributed by atoms with van der Waals surface area (Å²) in [5, 5.41) is 3.09. The molecule has 0 bridgehead atoms. The van der Waals surface area contributed by atoms with E-state index in [0.29, 0.717) is 32.3 Å². The summed E-state index contributed by atoms with van der Waals surface area (Å²) in [5.41, 5.74) is 3.46. The van der Waals surface area contributed by atoms with Crippen molar-refractivity contribution < 1.29 is 9.47 Å². The number of nitrogens with one attached hydrogen (secondary N) is 2. The van der Waals surface area contributed by atoms with Crippen molar-refractivity contribution >= 4 is 11.6 Å². The minimum Gasteiger partial charge on any atom is -0.376 e. The van der Waals surface area contributed by atoms with Crippen molar-refractivity contribution in [1.82, 2.24) is 5.43 Å². The fraction of sp³-hybridized carbons (Fsp3) is 0.417. The number of aliphatic imine (C=N–C) groups is 1. The minimum absolute atomic E-state index is 0.000302. The summed E-state index contributed by atoms with van der Waals surface area (Å²) in [6.07, 6.45) is -0.000302. The molecule has 1 saturated heterocycles. The highest BCUT2D eigenvalue weighted by Crippen LogP contribution is 2.05. The molecule has 0 spiro atoms. The number of para-hydroxylation sites is 1. The topological polar surface area (TPSA) is 80.9 Å². The van der Waals surface area contributed by atoms with Gasteiger partial charge in [-0.1, -0.05) is 18.2 Å². The average Bonchev–Trinajstić information content (AvgIpc) is 2.45. The standard InChI is InChI=1S/C12H18N4O2/c13-16-12(15-10-4-2-1-3-5-10)14-8-11-9-17-6-7-18-11/h1-5,11H,6-9,13H2,(H2,14,15,16). The van der Waals surface area contributed by atoms with Crippen LogP contribution in [0.15, 0.2) is 35.3 Å². The van der Waals surface area contributed by atoms with Crippen LogP contribution < -0.4 is 16.6 Å². The number of rotatable bonds is 3. The van der Waals surface area contributed by atoms with Gasteiger partial charge in [-0.3, -0.25) is 5.43 Å². The number of nitrogens with zero attached hydrogens (tertiary/aromatic N) is 1. The zero-order valence-corrected chi connectivity index (χ0v) is 10.1. The number of benzene rings is 1. The van der Waals surface area contributed by atoms with Gasteiger partial charge in [0.15, 0.2) is 0 Å². The third-order valence-electron chi connectivity index (χ3n) is 2.51. The number of hydrogen-bond acceptors (Lipinski definition) is 4. The molecule has 1 aliphatic rings. The molecule has 0 saturated carbocycles. The molecular formula is C12H18N4O2. The van der Waals surface area contributed by atoms with Crippen molar-refractivity contribution in [3.8, 4) is 0 Å². The lowest BCUT2D eigenvalue weighted by molar-refractivity contribution is -0.0832. The molecule has 1 unspecified atom stereocenters. The summed E-state index contributed by atoms with van der Waals surface area (Å²) in [6, 6.07) is 9.70. The molecule has 0 amide bonds. The zero-order valence-electron chi connectivity index (χ0n) is 10.1. The molecule has 0 aliphatic carbocycles. The lowest BCUT2D eigenvalue weighted by Crippen LogP contribution is -2.38. The molecule has 1 aromatic rings. The van der Waals surface area contributed by atoms with Gasteiger partial charge in [0.2, 0.25) is 5.96 Å². The van der Waals surface area contributed by atoms with E-state index in [1.54, 1.807) is 0 Å². The van der Waals surface area contributed by atoms with E-state index < -0.39 is 0 Å². The van der Waals surface area contributed by atoms with Gasteiger partial charge in [0, 0.05) is 5.69 Å². The molecule has 0 radical (unpaired) electrons. The number of nitrogens with two attached hydrogens (primary N) is 1. The van der Waals surface area contributed by atoms with Crippen LogP contribution in [0.4, 0.5) is 5.69 Å². The smallest absolute Gasteiger partial charge is 0.210 e. The highest BCUT2D eigenvalue weighted by Gasteiger charge is 2.13. The molecule has 0 aromatic heterocycles. The Balaban J connectivity index is 1.87. The van der Waals surface area contributed by atoms with E-state index in [2.05, 4.69) is 15.7 Å². The van der Waals surface area contributed by atoms with Gasteiger partial charge in [-0.15, -0.1) is 0 Å². The first kappa shape index (κ1) is 12.8. The average molecular weight is 250 g/mol. The fourth-order valence-corrected chi connectivity index (χ4v) is 1.61. The van der Waals surface area contributed by atoms with Crippen LogP contribution in [0.2, 0.25) is 0 Å². The molecule has 4 N–H and O–H groups in total. The van der Waals surface area contributed by atoms with Gasteiger partial charge in [-0.25, -0.2) is 10.8 Å². The maximum atomic E-state index is 5.49. The van der Waals surface area contributed by atoms with Crippen LogP contribution in [0.5, 0.6) is 0 Å². The van der Waals surface area contributed by atoms with Gasteiger partial charge >= 0.3 is 0 Å². The van der Waals surface area contributed by atoms with Gasteiger partial charge in [0.05, 0.1) is 26.4 Å². The summed E-state index contributed by atoms with van der Waals surface area (Å²) in [5.74, 6) is 5.93. The third-order valence-corrected chi connectivity index (χ3v) is 2.51. The van der Waals surface area contributed by atoms with E-state index in [9.17, 15) is 0 Å². The number of anilines is 1. The third kappa shape index (κ3) is 3.99. The lowest BCUT2D eigenvalue weighted by atomic mass is 10.3.